The third-order valence-corrected chi connectivity index (χ3v) is 3.76. The van der Waals surface area contributed by atoms with Crippen LogP contribution >= 0.6 is 15.9 Å². The zero-order valence-electron chi connectivity index (χ0n) is 12.0. The zero-order valence-corrected chi connectivity index (χ0v) is 13.6. The van der Waals surface area contributed by atoms with Crippen molar-refractivity contribution in [2.75, 3.05) is 5.32 Å². The molecule has 0 saturated carbocycles. The largest absolute Gasteiger partial charge is 0.423 e. The van der Waals surface area contributed by atoms with Crippen molar-refractivity contribution < 1.29 is 13.6 Å². The van der Waals surface area contributed by atoms with Crippen LogP contribution in [0.3, 0.4) is 0 Å². The van der Waals surface area contributed by atoms with Gasteiger partial charge in [-0.25, -0.2) is 4.39 Å². The summed E-state index contributed by atoms with van der Waals surface area (Å²) in [4.78, 5) is 12.3. The third-order valence-electron chi connectivity index (χ3n) is 3.27. The smallest absolute Gasteiger partial charge is 0.258 e. The van der Waals surface area contributed by atoms with E-state index in [0.717, 1.165) is 5.56 Å². The lowest BCUT2D eigenvalue weighted by Gasteiger charge is -2.10. The molecule has 1 heterocycles. The normalized spacial score (nSPS) is 10.6. The summed E-state index contributed by atoms with van der Waals surface area (Å²) >= 11 is 3.23. The highest BCUT2D eigenvalue weighted by Crippen LogP contribution is 2.25. The quantitative estimate of drug-likeness (QED) is 0.744. The van der Waals surface area contributed by atoms with E-state index in [-0.39, 0.29) is 5.56 Å². The molecular formula is C16H11BrFN3O2. The highest BCUT2D eigenvalue weighted by atomic mass is 79.9. The number of hydrogen-bond donors (Lipinski definition) is 1. The van der Waals surface area contributed by atoms with Crippen molar-refractivity contribution in [1.29, 1.82) is 0 Å². The lowest BCUT2D eigenvalue weighted by molar-refractivity contribution is 0.102. The molecule has 0 atom stereocenters. The van der Waals surface area contributed by atoms with Crippen LogP contribution in [0.2, 0.25) is 0 Å². The molecule has 0 spiro atoms. The number of aryl methyl sites for hydroxylation is 1. The van der Waals surface area contributed by atoms with E-state index in [4.69, 9.17) is 4.42 Å². The second kappa shape index (κ2) is 6.29. The van der Waals surface area contributed by atoms with Crippen LogP contribution in [0, 0.1) is 12.7 Å². The van der Waals surface area contributed by atoms with Crippen molar-refractivity contribution in [2.24, 2.45) is 0 Å². The minimum atomic E-state index is -0.587. The first-order chi connectivity index (χ1) is 11.0. The molecule has 0 aliphatic rings. The predicted molar refractivity (Wildman–Crippen MR) is 86.5 cm³/mol. The van der Waals surface area contributed by atoms with Gasteiger partial charge in [0.2, 0.25) is 12.3 Å². The number of nitrogens with zero attached hydrogens (tertiary/aromatic N) is 2. The van der Waals surface area contributed by atoms with Crippen molar-refractivity contribution in [3.8, 4) is 11.5 Å². The van der Waals surface area contributed by atoms with E-state index < -0.39 is 11.7 Å². The molecule has 0 bridgehead atoms. The van der Waals surface area contributed by atoms with E-state index in [1.165, 1.54) is 24.6 Å². The van der Waals surface area contributed by atoms with Crippen molar-refractivity contribution >= 4 is 27.5 Å². The van der Waals surface area contributed by atoms with Crippen LogP contribution in [0.25, 0.3) is 11.5 Å². The van der Waals surface area contributed by atoms with Gasteiger partial charge in [0.25, 0.3) is 5.91 Å². The van der Waals surface area contributed by atoms with Crippen LogP contribution in [0.15, 0.2) is 51.7 Å². The molecule has 3 aromatic rings. The molecule has 1 aromatic heterocycles. The summed E-state index contributed by atoms with van der Waals surface area (Å²) in [5.74, 6) is -0.778. The maximum Gasteiger partial charge on any atom is 0.258 e. The van der Waals surface area contributed by atoms with Gasteiger partial charge in [0.05, 0.1) is 5.56 Å². The standard InChI is InChI=1S/C16H11BrFN3O2/c1-9-2-3-10(16-21-19-8-23-16)6-14(9)20-15(22)12-7-11(17)4-5-13(12)18/h2-8H,1H3,(H,20,22). The monoisotopic (exact) mass is 375 g/mol. The van der Waals surface area contributed by atoms with Crippen LogP contribution in [0.5, 0.6) is 0 Å². The van der Waals surface area contributed by atoms with E-state index in [1.54, 1.807) is 12.1 Å². The van der Waals surface area contributed by atoms with Crippen molar-refractivity contribution in [3.63, 3.8) is 0 Å². The zero-order chi connectivity index (χ0) is 16.4. The van der Waals surface area contributed by atoms with E-state index in [1.807, 2.05) is 13.0 Å². The number of carbonyl (C=O) groups is 1. The third kappa shape index (κ3) is 3.29. The molecule has 1 amide bonds. The van der Waals surface area contributed by atoms with Gasteiger partial charge >= 0.3 is 0 Å². The minimum Gasteiger partial charge on any atom is -0.423 e. The first kappa shape index (κ1) is 15.4. The fraction of sp³-hybridized carbons (Fsp3) is 0.0625. The molecule has 3 rings (SSSR count). The second-order valence-electron chi connectivity index (χ2n) is 4.85. The Morgan fingerprint density at radius 3 is 2.83 bits per heavy atom. The molecule has 5 nitrogen and oxygen atoms in total. The van der Waals surface area contributed by atoms with Crippen LogP contribution in [-0.2, 0) is 0 Å². The molecule has 0 fully saturated rings. The summed E-state index contributed by atoms with van der Waals surface area (Å²) < 4.78 is 19.6. The molecule has 0 saturated heterocycles. The molecule has 0 aliphatic carbocycles. The van der Waals surface area contributed by atoms with Crippen LogP contribution < -0.4 is 5.32 Å². The Morgan fingerprint density at radius 1 is 1.26 bits per heavy atom. The van der Waals surface area contributed by atoms with Crippen LogP contribution in [0.4, 0.5) is 10.1 Å². The first-order valence-electron chi connectivity index (χ1n) is 6.68. The topological polar surface area (TPSA) is 68.0 Å². The molecule has 23 heavy (non-hydrogen) atoms. The number of halogens is 2. The number of anilines is 1. The Kier molecular flexibility index (Phi) is 4.20. The molecule has 0 radical (unpaired) electrons. The van der Waals surface area contributed by atoms with Crippen molar-refractivity contribution in [2.45, 2.75) is 6.92 Å². The molecule has 0 aliphatic heterocycles. The maximum atomic E-state index is 13.8. The first-order valence-corrected chi connectivity index (χ1v) is 7.47. The van der Waals surface area contributed by atoms with Gasteiger partial charge in [-0.15, -0.1) is 10.2 Å². The van der Waals surface area contributed by atoms with Gasteiger partial charge in [-0.05, 0) is 42.8 Å². The number of benzene rings is 2. The Hall–Kier alpha value is -2.54. The summed E-state index contributed by atoms with van der Waals surface area (Å²) in [6.45, 7) is 1.84. The predicted octanol–water partition coefficient (Wildman–Crippen LogP) is 4.20. The molecular weight excluding hydrogens is 365 g/mol. The molecule has 0 unspecified atom stereocenters. The maximum absolute atomic E-state index is 13.8. The average molecular weight is 376 g/mol. The van der Waals surface area contributed by atoms with Crippen molar-refractivity contribution in [3.05, 3.63) is 64.2 Å². The summed E-state index contributed by atoms with van der Waals surface area (Å²) in [5, 5.41) is 10.2. The average Bonchev–Trinajstić information content (AvgIpc) is 3.06. The summed E-state index contributed by atoms with van der Waals surface area (Å²) in [7, 11) is 0. The van der Waals surface area contributed by atoms with E-state index >= 15 is 0 Å². The second-order valence-corrected chi connectivity index (χ2v) is 5.77. The fourth-order valence-corrected chi connectivity index (χ4v) is 2.41. The minimum absolute atomic E-state index is 0.0398. The number of hydrogen-bond acceptors (Lipinski definition) is 4. The highest BCUT2D eigenvalue weighted by molar-refractivity contribution is 9.10. The fourth-order valence-electron chi connectivity index (χ4n) is 2.05. The molecule has 116 valence electrons. The van der Waals surface area contributed by atoms with Gasteiger partial charge < -0.3 is 9.73 Å². The SMILES string of the molecule is Cc1ccc(-c2nnco2)cc1NC(=O)c1cc(Br)ccc1F. The summed E-state index contributed by atoms with van der Waals surface area (Å²) in [6, 6.07) is 9.53. The number of amides is 1. The lowest BCUT2D eigenvalue weighted by Crippen LogP contribution is -2.14. The van der Waals surface area contributed by atoms with Crippen LogP contribution in [-0.4, -0.2) is 16.1 Å². The Balaban J connectivity index is 1.92. The molecule has 1 N–H and O–H groups in total. The molecule has 2 aromatic carbocycles. The van der Waals surface area contributed by atoms with Gasteiger partial charge in [-0.2, -0.15) is 0 Å². The van der Waals surface area contributed by atoms with E-state index in [0.29, 0.717) is 21.6 Å². The van der Waals surface area contributed by atoms with E-state index in [9.17, 15) is 9.18 Å². The van der Waals surface area contributed by atoms with Gasteiger partial charge in [0.1, 0.15) is 5.82 Å². The lowest BCUT2D eigenvalue weighted by atomic mass is 10.1. The number of aromatic nitrogens is 2. The summed E-state index contributed by atoms with van der Waals surface area (Å²) in [5.41, 5.74) is 2.00. The number of carbonyl (C=O) groups excluding carboxylic acids is 1. The Bertz CT molecular complexity index is 866. The van der Waals surface area contributed by atoms with Gasteiger partial charge in [0.15, 0.2) is 0 Å². The van der Waals surface area contributed by atoms with Gasteiger partial charge in [-0.3, -0.25) is 4.79 Å². The molecule has 7 heteroatoms. The summed E-state index contributed by atoms with van der Waals surface area (Å²) in [6.07, 6.45) is 1.23. The number of rotatable bonds is 3. The van der Waals surface area contributed by atoms with Crippen molar-refractivity contribution in [1.82, 2.24) is 10.2 Å². The van der Waals surface area contributed by atoms with Crippen LogP contribution in [0.1, 0.15) is 15.9 Å². The Morgan fingerprint density at radius 2 is 2.09 bits per heavy atom. The van der Waals surface area contributed by atoms with Gasteiger partial charge in [0, 0.05) is 15.7 Å². The van der Waals surface area contributed by atoms with E-state index in [2.05, 4.69) is 31.4 Å². The Labute approximate surface area is 139 Å². The number of nitrogens with one attached hydrogen (secondary N) is 1. The van der Waals surface area contributed by atoms with Gasteiger partial charge in [-0.1, -0.05) is 22.0 Å². The highest BCUT2D eigenvalue weighted by Gasteiger charge is 2.14.